The Balaban J connectivity index is 1.98. The molecule has 1 atom stereocenters. The lowest BCUT2D eigenvalue weighted by molar-refractivity contribution is -0.143. The minimum atomic E-state index is -0.946. The van der Waals surface area contributed by atoms with E-state index in [0.717, 1.165) is 0 Å². The third-order valence-corrected chi connectivity index (χ3v) is 4.38. The number of carbonyl (C=O) groups is 4. The Morgan fingerprint density at radius 1 is 1.00 bits per heavy atom. The minimum Gasteiger partial charge on any atom is -0.467 e. The molecule has 1 aliphatic heterocycles. The highest BCUT2D eigenvalue weighted by molar-refractivity contribution is 5.94. The van der Waals surface area contributed by atoms with Gasteiger partial charge in [0, 0.05) is 12.1 Å². The first kappa shape index (κ1) is 25.7. The van der Waals surface area contributed by atoms with Gasteiger partial charge in [0.1, 0.15) is 11.6 Å². The van der Waals surface area contributed by atoms with Crippen molar-refractivity contribution in [2.45, 2.75) is 38.8 Å². The quantitative estimate of drug-likeness (QED) is 0.411. The summed E-state index contributed by atoms with van der Waals surface area (Å²) in [6.45, 7) is 5.31. The van der Waals surface area contributed by atoms with Crippen molar-refractivity contribution in [3.63, 3.8) is 0 Å². The molecular weight excluding hydrogens is 434 g/mol. The molecule has 1 aliphatic rings. The van der Waals surface area contributed by atoms with Crippen LogP contribution in [0.1, 0.15) is 26.3 Å². The summed E-state index contributed by atoms with van der Waals surface area (Å²) in [5.41, 5.74) is 1.08. The predicted molar refractivity (Wildman–Crippen MR) is 117 cm³/mol. The van der Waals surface area contributed by atoms with Gasteiger partial charge in [-0.2, -0.15) is 0 Å². The molecule has 3 N–H and O–H groups in total. The van der Waals surface area contributed by atoms with Crippen molar-refractivity contribution in [1.29, 1.82) is 0 Å². The Morgan fingerprint density at radius 3 is 2.24 bits per heavy atom. The van der Waals surface area contributed by atoms with Crippen molar-refractivity contribution in [3.05, 3.63) is 41.1 Å². The van der Waals surface area contributed by atoms with Gasteiger partial charge in [-0.1, -0.05) is 12.1 Å². The lowest BCUT2D eigenvalue weighted by atomic mass is 10.1. The first-order valence-electron chi connectivity index (χ1n) is 10.1. The summed E-state index contributed by atoms with van der Waals surface area (Å²) in [6, 6.07) is 5.16. The van der Waals surface area contributed by atoms with Gasteiger partial charge < -0.3 is 34.9 Å². The van der Waals surface area contributed by atoms with E-state index in [-0.39, 0.29) is 25.2 Å². The van der Waals surface area contributed by atoms with Crippen LogP contribution in [0.25, 0.3) is 0 Å². The van der Waals surface area contributed by atoms with Crippen LogP contribution in [-0.4, -0.2) is 63.1 Å². The van der Waals surface area contributed by atoms with Crippen LogP contribution >= 0.6 is 0 Å². The molecule has 0 unspecified atom stereocenters. The van der Waals surface area contributed by atoms with E-state index in [2.05, 4.69) is 20.7 Å². The van der Waals surface area contributed by atoms with E-state index in [1.807, 2.05) is 0 Å². The van der Waals surface area contributed by atoms with Gasteiger partial charge in [-0.3, -0.25) is 0 Å². The Labute approximate surface area is 191 Å². The van der Waals surface area contributed by atoms with E-state index in [0.29, 0.717) is 16.9 Å². The summed E-state index contributed by atoms with van der Waals surface area (Å²) in [5, 5.41) is 7.74. The first-order valence-corrected chi connectivity index (χ1v) is 10.1. The van der Waals surface area contributed by atoms with Crippen LogP contribution in [0.5, 0.6) is 0 Å². The summed E-state index contributed by atoms with van der Waals surface area (Å²) < 4.78 is 19.8. The average molecular weight is 463 g/mol. The lowest BCUT2D eigenvalue weighted by Crippen LogP contribution is -2.45. The number of methoxy groups -OCH3 is 2. The van der Waals surface area contributed by atoms with Crippen LogP contribution in [0.15, 0.2) is 35.5 Å². The fraction of sp³-hybridized carbons (Fsp3) is 0.455. The maximum absolute atomic E-state index is 12.3. The summed E-state index contributed by atoms with van der Waals surface area (Å²) in [5.74, 6) is -1.18. The van der Waals surface area contributed by atoms with E-state index in [1.54, 1.807) is 45.0 Å². The van der Waals surface area contributed by atoms with Crippen LogP contribution in [-0.2, 0) is 35.0 Å². The molecule has 0 spiro atoms. The second-order valence-electron chi connectivity index (χ2n) is 8.14. The number of urea groups is 1. The molecule has 1 aromatic carbocycles. The maximum atomic E-state index is 12.3. The summed E-state index contributed by atoms with van der Waals surface area (Å²) in [7, 11) is 2.48. The van der Waals surface area contributed by atoms with Gasteiger partial charge in [0.2, 0.25) is 0 Å². The third-order valence-electron chi connectivity index (χ3n) is 4.38. The zero-order chi connectivity index (χ0) is 24.6. The van der Waals surface area contributed by atoms with E-state index >= 15 is 0 Å². The fourth-order valence-corrected chi connectivity index (χ4v) is 2.89. The molecule has 3 amide bonds. The number of anilines is 1. The van der Waals surface area contributed by atoms with E-state index in [1.165, 1.54) is 14.2 Å². The summed E-state index contributed by atoms with van der Waals surface area (Å²) in [6.07, 6.45) is -0.574. The van der Waals surface area contributed by atoms with Crippen molar-refractivity contribution >= 4 is 29.8 Å². The molecule has 11 nitrogen and oxygen atoms in total. The molecule has 2 rings (SSSR count). The first-order chi connectivity index (χ1) is 15.5. The highest BCUT2D eigenvalue weighted by Gasteiger charge is 2.26. The largest absolute Gasteiger partial charge is 0.467 e. The second kappa shape index (κ2) is 11.3. The Bertz CT molecular complexity index is 919. The van der Waals surface area contributed by atoms with Gasteiger partial charge in [-0.25, -0.2) is 19.2 Å². The molecule has 0 fully saturated rings. The van der Waals surface area contributed by atoms with E-state index in [9.17, 15) is 19.2 Å². The van der Waals surface area contributed by atoms with Gasteiger partial charge in [-0.05, 0) is 38.5 Å². The molecule has 0 radical (unpaired) electrons. The lowest BCUT2D eigenvalue weighted by Gasteiger charge is -2.22. The molecule has 0 aromatic heterocycles. The highest BCUT2D eigenvalue weighted by Crippen LogP contribution is 2.15. The zero-order valence-electron chi connectivity index (χ0n) is 19.3. The molecule has 0 saturated heterocycles. The van der Waals surface area contributed by atoms with Gasteiger partial charge in [0.15, 0.2) is 0 Å². The Kier molecular flexibility index (Phi) is 8.80. The van der Waals surface area contributed by atoms with E-state index < -0.39 is 35.7 Å². The predicted octanol–water partition coefficient (Wildman–Crippen LogP) is 1.87. The topological polar surface area (TPSA) is 141 Å². The maximum Gasteiger partial charge on any atom is 0.408 e. The number of benzene rings is 1. The number of nitrogens with one attached hydrogen (secondary N) is 3. The number of amides is 3. The summed E-state index contributed by atoms with van der Waals surface area (Å²) >= 11 is 0. The Morgan fingerprint density at radius 2 is 1.67 bits per heavy atom. The monoisotopic (exact) mass is 463 g/mol. The molecule has 33 heavy (non-hydrogen) atoms. The number of carbonyl (C=O) groups excluding carboxylic acids is 4. The average Bonchev–Trinajstić information content (AvgIpc) is 3.20. The molecule has 1 heterocycles. The number of hydrogen-bond acceptors (Lipinski definition) is 8. The summed E-state index contributed by atoms with van der Waals surface area (Å²) in [4.78, 5) is 48.1. The van der Waals surface area contributed by atoms with Gasteiger partial charge in [-0.15, -0.1) is 0 Å². The number of esters is 2. The van der Waals surface area contributed by atoms with Crippen LogP contribution < -0.4 is 16.0 Å². The van der Waals surface area contributed by atoms with Crippen molar-refractivity contribution in [2.24, 2.45) is 0 Å². The second-order valence-corrected chi connectivity index (χ2v) is 8.14. The normalized spacial score (nSPS) is 14.2. The van der Waals surface area contributed by atoms with Crippen LogP contribution in [0, 0.1) is 0 Å². The minimum absolute atomic E-state index is 0.0652. The number of alkyl carbamates (subject to hydrolysis) is 1. The van der Waals surface area contributed by atoms with Crippen molar-refractivity contribution in [2.75, 3.05) is 32.8 Å². The fourth-order valence-electron chi connectivity index (χ4n) is 2.89. The molecule has 180 valence electrons. The molecule has 11 heteroatoms. The van der Waals surface area contributed by atoms with Gasteiger partial charge >= 0.3 is 24.1 Å². The molecule has 1 aromatic rings. The van der Waals surface area contributed by atoms with E-state index in [4.69, 9.17) is 14.2 Å². The van der Waals surface area contributed by atoms with Gasteiger partial charge in [0.05, 0.1) is 38.7 Å². The van der Waals surface area contributed by atoms with Crippen molar-refractivity contribution in [1.82, 2.24) is 10.6 Å². The number of ether oxygens (including phenoxy) is 4. The third kappa shape index (κ3) is 8.11. The Hall–Kier alpha value is -3.60. The van der Waals surface area contributed by atoms with Crippen molar-refractivity contribution in [3.8, 4) is 0 Å². The van der Waals surface area contributed by atoms with Crippen LogP contribution in [0.4, 0.5) is 15.3 Å². The van der Waals surface area contributed by atoms with Crippen molar-refractivity contribution < 1.29 is 38.1 Å². The standard InChI is InChI=1S/C22H29N3O8/c1-22(2,3)33-21(29)25-16(19(27)31-5)10-13-6-8-14(9-7-13)23-20(28)24-17-12-32-11-15(17)18(26)30-4/h6-9,16H,10-12H2,1-5H3,(H,25,29)(H2,23,24,28)/t16-/m0/s1. The van der Waals surface area contributed by atoms with Gasteiger partial charge in [0.25, 0.3) is 0 Å². The molecule has 0 aliphatic carbocycles. The number of rotatable bonds is 7. The van der Waals surface area contributed by atoms with Crippen LogP contribution in [0.2, 0.25) is 0 Å². The number of hydrogen-bond donors (Lipinski definition) is 3. The SMILES string of the molecule is COC(=O)C1=C(NC(=O)Nc2ccc(C[C@H](NC(=O)OC(C)(C)C)C(=O)OC)cc2)COC1. The highest BCUT2D eigenvalue weighted by atomic mass is 16.6. The molecular formula is C22H29N3O8. The van der Waals surface area contributed by atoms with Crippen LogP contribution in [0.3, 0.4) is 0 Å². The molecule has 0 saturated carbocycles. The zero-order valence-corrected chi connectivity index (χ0v) is 19.3. The molecule has 0 bridgehead atoms. The smallest absolute Gasteiger partial charge is 0.408 e.